The van der Waals surface area contributed by atoms with Crippen molar-refractivity contribution in [2.24, 2.45) is 10.8 Å². The van der Waals surface area contributed by atoms with Crippen molar-refractivity contribution >= 4 is 23.4 Å². The monoisotopic (exact) mass is 231 g/mol. The third kappa shape index (κ3) is 2.48. The Hall–Kier alpha value is -2.08. The Bertz CT molecular complexity index is 518. The lowest BCUT2D eigenvalue weighted by molar-refractivity contribution is 0.878. The highest BCUT2D eigenvalue weighted by Gasteiger charge is 1.96. The zero-order chi connectivity index (χ0) is 11.4. The van der Waals surface area contributed by atoms with E-state index in [-0.39, 0.29) is 0 Å². The second-order valence-corrected chi connectivity index (χ2v) is 3.52. The second kappa shape index (κ2) is 4.63. The lowest BCUT2D eigenvalue weighted by Gasteiger charge is -1.98. The first-order chi connectivity index (χ1) is 7.75. The molecule has 0 aliphatic heterocycles. The van der Waals surface area contributed by atoms with Crippen LogP contribution in [0.25, 0.3) is 0 Å². The van der Waals surface area contributed by atoms with Gasteiger partial charge in [0.25, 0.3) is 0 Å². The van der Waals surface area contributed by atoms with Crippen molar-refractivity contribution in [1.82, 2.24) is 14.9 Å². The van der Waals surface area contributed by atoms with E-state index in [0.29, 0.717) is 4.99 Å². The molecule has 80 valence electrons. The van der Waals surface area contributed by atoms with E-state index in [1.165, 1.54) is 17.3 Å². The van der Waals surface area contributed by atoms with Crippen LogP contribution in [0.1, 0.15) is 11.1 Å². The first-order valence-electron chi connectivity index (χ1n) is 4.54. The van der Waals surface area contributed by atoms with Crippen LogP contribution in [0.2, 0.25) is 0 Å². The lowest BCUT2D eigenvalue weighted by Crippen LogP contribution is -2.09. The SMILES string of the molecule is NC(=S)c1cccc(C=Nn2cnnc2)c1. The molecule has 2 N–H and O–H groups in total. The standard InChI is InChI=1S/C10H9N5S/c11-10(16)9-3-1-2-8(4-9)5-14-15-6-12-13-7-15/h1-7H,(H2,11,16). The number of hydrogen-bond donors (Lipinski definition) is 1. The van der Waals surface area contributed by atoms with Gasteiger partial charge in [0.05, 0.1) is 6.21 Å². The van der Waals surface area contributed by atoms with Gasteiger partial charge in [-0.3, -0.25) is 0 Å². The molecule has 2 rings (SSSR count). The van der Waals surface area contributed by atoms with E-state index in [9.17, 15) is 0 Å². The summed E-state index contributed by atoms with van der Waals surface area (Å²) in [6.07, 6.45) is 4.70. The van der Waals surface area contributed by atoms with Crippen LogP contribution in [0.5, 0.6) is 0 Å². The maximum Gasteiger partial charge on any atom is 0.141 e. The molecular formula is C10H9N5S. The van der Waals surface area contributed by atoms with Crippen molar-refractivity contribution in [2.75, 3.05) is 0 Å². The molecule has 0 spiro atoms. The van der Waals surface area contributed by atoms with E-state index in [4.69, 9.17) is 18.0 Å². The predicted octanol–water partition coefficient (Wildman–Crippen LogP) is 0.795. The van der Waals surface area contributed by atoms with Gasteiger partial charge in [-0.2, -0.15) is 5.10 Å². The average molecular weight is 231 g/mol. The summed E-state index contributed by atoms with van der Waals surface area (Å²) in [6.45, 7) is 0. The van der Waals surface area contributed by atoms with Gasteiger partial charge in [-0.25, -0.2) is 4.68 Å². The van der Waals surface area contributed by atoms with Crippen molar-refractivity contribution in [1.29, 1.82) is 0 Å². The highest BCUT2D eigenvalue weighted by molar-refractivity contribution is 7.80. The Balaban J connectivity index is 2.22. The maximum absolute atomic E-state index is 5.54. The summed E-state index contributed by atoms with van der Waals surface area (Å²) in [5.74, 6) is 0. The van der Waals surface area contributed by atoms with Crippen LogP contribution in [-0.2, 0) is 0 Å². The smallest absolute Gasteiger partial charge is 0.141 e. The first-order valence-corrected chi connectivity index (χ1v) is 4.95. The number of rotatable bonds is 3. The molecular weight excluding hydrogens is 222 g/mol. The fourth-order valence-electron chi connectivity index (χ4n) is 1.16. The van der Waals surface area contributed by atoms with E-state index in [2.05, 4.69) is 15.3 Å². The van der Waals surface area contributed by atoms with Gasteiger partial charge < -0.3 is 5.73 Å². The van der Waals surface area contributed by atoms with Crippen molar-refractivity contribution in [3.63, 3.8) is 0 Å². The van der Waals surface area contributed by atoms with Gasteiger partial charge in [0, 0.05) is 5.56 Å². The van der Waals surface area contributed by atoms with Gasteiger partial charge in [0.1, 0.15) is 17.6 Å². The molecule has 0 saturated carbocycles. The summed E-state index contributed by atoms with van der Waals surface area (Å²) in [5, 5.41) is 11.4. The van der Waals surface area contributed by atoms with Gasteiger partial charge in [0.2, 0.25) is 0 Å². The molecule has 16 heavy (non-hydrogen) atoms. The summed E-state index contributed by atoms with van der Waals surface area (Å²) in [4.78, 5) is 0.375. The molecule has 1 aromatic carbocycles. The van der Waals surface area contributed by atoms with Gasteiger partial charge in [0.15, 0.2) is 0 Å². The number of benzene rings is 1. The minimum atomic E-state index is 0.375. The van der Waals surface area contributed by atoms with Gasteiger partial charge in [-0.15, -0.1) is 10.2 Å². The van der Waals surface area contributed by atoms with Crippen molar-refractivity contribution in [3.05, 3.63) is 48.0 Å². The molecule has 0 bridgehead atoms. The molecule has 1 heterocycles. The molecule has 5 nitrogen and oxygen atoms in total. The summed E-state index contributed by atoms with van der Waals surface area (Å²) in [7, 11) is 0. The van der Waals surface area contributed by atoms with Gasteiger partial charge in [-0.1, -0.05) is 30.4 Å². The zero-order valence-corrected chi connectivity index (χ0v) is 9.13. The van der Waals surface area contributed by atoms with E-state index in [1.54, 1.807) is 6.21 Å². The van der Waals surface area contributed by atoms with E-state index in [1.807, 2.05) is 24.3 Å². The summed E-state index contributed by atoms with van der Waals surface area (Å²) >= 11 is 4.89. The fraction of sp³-hybridized carbons (Fsp3) is 0. The molecule has 0 aliphatic rings. The minimum absolute atomic E-state index is 0.375. The van der Waals surface area contributed by atoms with E-state index >= 15 is 0 Å². The molecule has 0 saturated heterocycles. The van der Waals surface area contributed by atoms with Crippen molar-refractivity contribution in [2.45, 2.75) is 0 Å². The van der Waals surface area contributed by atoms with Crippen LogP contribution in [-0.4, -0.2) is 26.1 Å². The Morgan fingerprint density at radius 3 is 2.81 bits per heavy atom. The molecule has 0 fully saturated rings. The largest absolute Gasteiger partial charge is 0.389 e. The maximum atomic E-state index is 5.54. The summed E-state index contributed by atoms with van der Waals surface area (Å²) < 4.78 is 1.51. The van der Waals surface area contributed by atoms with Crippen LogP contribution in [0.4, 0.5) is 0 Å². The van der Waals surface area contributed by atoms with Gasteiger partial charge >= 0.3 is 0 Å². The quantitative estimate of drug-likeness (QED) is 0.626. The fourth-order valence-corrected chi connectivity index (χ4v) is 1.29. The normalized spacial score (nSPS) is 10.8. The third-order valence-electron chi connectivity index (χ3n) is 1.92. The second-order valence-electron chi connectivity index (χ2n) is 3.08. The van der Waals surface area contributed by atoms with Crippen molar-refractivity contribution in [3.8, 4) is 0 Å². The summed E-state index contributed by atoms with van der Waals surface area (Å²) in [6, 6.07) is 7.52. The Labute approximate surface area is 97.6 Å². The number of hydrogen-bond acceptors (Lipinski definition) is 4. The minimum Gasteiger partial charge on any atom is -0.389 e. The highest BCUT2D eigenvalue weighted by atomic mass is 32.1. The third-order valence-corrected chi connectivity index (χ3v) is 2.15. The lowest BCUT2D eigenvalue weighted by atomic mass is 10.1. The van der Waals surface area contributed by atoms with Crippen LogP contribution in [0.3, 0.4) is 0 Å². The van der Waals surface area contributed by atoms with Crippen LogP contribution >= 0.6 is 12.2 Å². The zero-order valence-electron chi connectivity index (χ0n) is 8.32. The molecule has 0 amide bonds. The van der Waals surface area contributed by atoms with E-state index in [0.717, 1.165) is 11.1 Å². The Morgan fingerprint density at radius 2 is 2.12 bits per heavy atom. The first kappa shape index (κ1) is 10.4. The number of thiocarbonyl (C=S) groups is 1. The molecule has 1 aromatic heterocycles. The molecule has 6 heteroatoms. The van der Waals surface area contributed by atoms with Crippen molar-refractivity contribution < 1.29 is 0 Å². The van der Waals surface area contributed by atoms with Crippen LogP contribution in [0.15, 0.2) is 42.0 Å². The molecule has 0 atom stereocenters. The Morgan fingerprint density at radius 1 is 1.38 bits per heavy atom. The number of aromatic nitrogens is 3. The van der Waals surface area contributed by atoms with Crippen LogP contribution < -0.4 is 5.73 Å². The molecule has 0 aliphatic carbocycles. The summed E-state index contributed by atoms with van der Waals surface area (Å²) in [5.41, 5.74) is 7.27. The average Bonchev–Trinajstić information content (AvgIpc) is 2.79. The molecule has 0 unspecified atom stereocenters. The van der Waals surface area contributed by atoms with Crippen LogP contribution in [0, 0.1) is 0 Å². The highest BCUT2D eigenvalue weighted by Crippen LogP contribution is 2.03. The van der Waals surface area contributed by atoms with Gasteiger partial charge in [-0.05, 0) is 11.6 Å². The number of nitrogens with zero attached hydrogens (tertiary/aromatic N) is 4. The number of nitrogens with two attached hydrogens (primary N) is 1. The predicted molar refractivity (Wildman–Crippen MR) is 65.3 cm³/mol. The Kier molecular flexibility index (Phi) is 3.02. The topological polar surface area (TPSA) is 69.1 Å². The molecule has 0 radical (unpaired) electrons. The van der Waals surface area contributed by atoms with E-state index < -0.39 is 0 Å². The molecule has 2 aromatic rings.